The van der Waals surface area contributed by atoms with Gasteiger partial charge in [0.15, 0.2) is 16.6 Å². The summed E-state index contributed by atoms with van der Waals surface area (Å²) in [5.74, 6) is 1.59. The van der Waals surface area contributed by atoms with Crippen LogP contribution in [0.2, 0.25) is 0 Å². The molecule has 7 heteroatoms. The molecule has 0 bridgehead atoms. The third-order valence-electron chi connectivity index (χ3n) is 4.87. The lowest BCUT2D eigenvalue weighted by atomic mass is 10.1. The minimum Gasteiger partial charge on any atom is -0.490 e. The molecule has 1 heterocycles. The first-order valence-corrected chi connectivity index (χ1v) is 10.7. The summed E-state index contributed by atoms with van der Waals surface area (Å²) in [6.07, 6.45) is 0.853. The van der Waals surface area contributed by atoms with E-state index in [1.807, 2.05) is 31.6 Å². The second-order valence-electron chi connectivity index (χ2n) is 6.95. The average Bonchev–Trinajstić information content (AvgIpc) is 2.97. The molecule has 29 heavy (non-hydrogen) atoms. The first kappa shape index (κ1) is 23.0. The first-order chi connectivity index (χ1) is 13.9. The molecule has 2 aromatic rings. The lowest BCUT2D eigenvalue weighted by Crippen LogP contribution is -2.37. The third-order valence-corrected chi connectivity index (χ3v) is 5.33. The summed E-state index contributed by atoms with van der Waals surface area (Å²) in [7, 11) is 2.02. The smallest absolute Gasteiger partial charge is 0.168 e. The number of nitrogens with one attached hydrogen (secondary N) is 1. The van der Waals surface area contributed by atoms with Crippen LogP contribution in [0.5, 0.6) is 11.5 Å². The monoisotopic (exact) mass is 418 g/mol. The largest absolute Gasteiger partial charge is 0.490 e. The zero-order valence-electron chi connectivity index (χ0n) is 18.5. The molecule has 2 rings (SSSR count). The van der Waals surface area contributed by atoms with Crippen molar-refractivity contribution in [3.8, 4) is 11.5 Å². The highest BCUT2D eigenvalue weighted by molar-refractivity contribution is 7.80. The second kappa shape index (κ2) is 11.0. The maximum atomic E-state index is 5.71. The van der Waals surface area contributed by atoms with Crippen molar-refractivity contribution in [1.82, 2.24) is 20.0 Å². The standard InChI is InChI=1S/C22H34N4O2S/c1-7-26-17(5)19(16(4)24-26)15-25(6)22(29)23-13-12-18-10-11-20(27-8-2)21(14-18)28-9-3/h10-11,14H,7-9,12-13,15H2,1-6H3,(H,23,29). The van der Waals surface area contributed by atoms with Crippen LogP contribution in [0.4, 0.5) is 0 Å². The fourth-order valence-electron chi connectivity index (χ4n) is 3.28. The van der Waals surface area contributed by atoms with Crippen molar-refractivity contribution in [3.63, 3.8) is 0 Å². The topological polar surface area (TPSA) is 51.5 Å². The lowest BCUT2D eigenvalue weighted by Gasteiger charge is -2.21. The van der Waals surface area contributed by atoms with Gasteiger partial charge in [-0.15, -0.1) is 0 Å². The van der Waals surface area contributed by atoms with Gasteiger partial charge in [0.25, 0.3) is 0 Å². The highest BCUT2D eigenvalue weighted by Crippen LogP contribution is 2.28. The predicted molar refractivity (Wildman–Crippen MR) is 122 cm³/mol. The quantitative estimate of drug-likeness (QED) is 0.591. The Morgan fingerprint density at radius 3 is 2.45 bits per heavy atom. The molecule has 160 valence electrons. The van der Waals surface area contributed by atoms with Gasteiger partial charge >= 0.3 is 0 Å². The number of nitrogens with zero attached hydrogens (tertiary/aromatic N) is 3. The van der Waals surface area contributed by atoms with Gasteiger partial charge < -0.3 is 19.7 Å². The number of aromatic nitrogens is 2. The molecule has 0 aliphatic carbocycles. The molecule has 0 saturated heterocycles. The van der Waals surface area contributed by atoms with E-state index in [4.69, 9.17) is 21.7 Å². The van der Waals surface area contributed by atoms with Crippen molar-refractivity contribution < 1.29 is 9.47 Å². The Hall–Kier alpha value is -2.28. The van der Waals surface area contributed by atoms with Crippen LogP contribution in [0.3, 0.4) is 0 Å². The van der Waals surface area contributed by atoms with Crippen LogP contribution >= 0.6 is 12.2 Å². The van der Waals surface area contributed by atoms with Crippen LogP contribution in [0.15, 0.2) is 18.2 Å². The molecule has 0 aliphatic heterocycles. The van der Waals surface area contributed by atoms with Gasteiger partial charge in [0, 0.05) is 37.9 Å². The molecule has 0 spiro atoms. The summed E-state index contributed by atoms with van der Waals surface area (Å²) in [4.78, 5) is 2.07. The van der Waals surface area contributed by atoms with E-state index in [0.29, 0.717) is 13.2 Å². The molecule has 1 aromatic heterocycles. The molecular formula is C22H34N4O2S. The Kier molecular flexibility index (Phi) is 8.76. The van der Waals surface area contributed by atoms with Crippen molar-refractivity contribution in [3.05, 3.63) is 40.7 Å². The van der Waals surface area contributed by atoms with E-state index in [9.17, 15) is 0 Å². The Morgan fingerprint density at radius 2 is 1.83 bits per heavy atom. The molecular weight excluding hydrogens is 384 g/mol. The number of benzene rings is 1. The molecule has 0 amide bonds. The Balaban J connectivity index is 1.90. The molecule has 0 atom stereocenters. The van der Waals surface area contributed by atoms with E-state index in [0.717, 1.165) is 48.4 Å². The second-order valence-corrected chi connectivity index (χ2v) is 7.34. The van der Waals surface area contributed by atoms with E-state index in [2.05, 4.69) is 48.2 Å². The first-order valence-electron chi connectivity index (χ1n) is 10.3. The van der Waals surface area contributed by atoms with E-state index in [1.165, 1.54) is 16.8 Å². The number of hydrogen-bond donors (Lipinski definition) is 1. The van der Waals surface area contributed by atoms with Gasteiger partial charge in [0.1, 0.15) is 0 Å². The maximum Gasteiger partial charge on any atom is 0.168 e. The normalized spacial score (nSPS) is 10.7. The molecule has 0 unspecified atom stereocenters. The van der Waals surface area contributed by atoms with Crippen molar-refractivity contribution >= 4 is 17.3 Å². The minimum atomic E-state index is 0.615. The molecule has 0 saturated carbocycles. The van der Waals surface area contributed by atoms with Crippen molar-refractivity contribution in [2.75, 3.05) is 26.8 Å². The highest BCUT2D eigenvalue weighted by Gasteiger charge is 2.14. The van der Waals surface area contributed by atoms with Crippen molar-refractivity contribution in [2.24, 2.45) is 0 Å². The number of hydrogen-bond acceptors (Lipinski definition) is 4. The molecule has 0 fully saturated rings. The Morgan fingerprint density at radius 1 is 1.14 bits per heavy atom. The van der Waals surface area contributed by atoms with E-state index >= 15 is 0 Å². The SMILES string of the molecule is CCOc1ccc(CCNC(=S)N(C)Cc2c(C)nn(CC)c2C)cc1OCC. The van der Waals surface area contributed by atoms with Crippen molar-refractivity contribution in [1.29, 1.82) is 0 Å². The number of aryl methyl sites for hydroxylation is 2. The van der Waals surface area contributed by atoms with Gasteiger partial charge in [0.2, 0.25) is 0 Å². The maximum absolute atomic E-state index is 5.71. The fraction of sp³-hybridized carbons (Fsp3) is 0.545. The molecule has 0 aliphatic rings. The van der Waals surface area contributed by atoms with Gasteiger partial charge in [0.05, 0.1) is 18.9 Å². The van der Waals surface area contributed by atoms with Crippen LogP contribution in [0.25, 0.3) is 0 Å². The molecule has 1 N–H and O–H groups in total. The number of thiocarbonyl (C=S) groups is 1. The van der Waals surface area contributed by atoms with Gasteiger partial charge in [-0.05, 0) is 71.0 Å². The molecule has 6 nitrogen and oxygen atoms in total. The van der Waals surface area contributed by atoms with Crippen LogP contribution in [-0.2, 0) is 19.5 Å². The van der Waals surface area contributed by atoms with Gasteiger partial charge in [-0.2, -0.15) is 5.10 Å². The fourth-order valence-corrected chi connectivity index (χ4v) is 3.45. The summed E-state index contributed by atoms with van der Waals surface area (Å²) in [5.41, 5.74) is 4.70. The third kappa shape index (κ3) is 6.10. The zero-order chi connectivity index (χ0) is 21.4. The van der Waals surface area contributed by atoms with Crippen LogP contribution in [-0.4, -0.2) is 46.6 Å². The summed E-state index contributed by atoms with van der Waals surface area (Å²) >= 11 is 5.58. The summed E-state index contributed by atoms with van der Waals surface area (Å²) in [5, 5.41) is 8.69. The van der Waals surface area contributed by atoms with Crippen LogP contribution in [0.1, 0.15) is 43.3 Å². The Labute approximate surface area is 180 Å². The summed E-state index contributed by atoms with van der Waals surface area (Å²) in [6, 6.07) is 6.10. The average molecular weight is 419 g/mol. The summed E-state index contributed by atoms with van der Waals surface area (Å²) in [6.45, 7) is 13.9. The lowest BCUT2D eigenvalue weighted by molar-refractivity contribution is 0.287. The van der Waals surface area contributed by atoms with Gasteiger partial charge in [-0.1, -0.05) is 6.07 Å². The van der Waals surface area contributed by atoms with Crippen LogP contribution < -0.4 is 14.8 Å². The van der Waals surface area contributed by atoms with Gasteiger partial charge in [-0.25, -0.2) is 0 Å². The summed E-state index contributed by atoms with van der Waals surface area (Å²) < 4.78 is 13.4. The van der Waals surface area contributed by atoms with E-state index in [-0.39, 0.29) is 0 Å². The zero-order valence-corrected chi connectivity index (χ0v) is 19.4. The number of rotatable bonds is 10. The molecule has 0 radical (unpaired) electrons. The van der Waals surface area contributed by atoms with Gasteiger partial charge in [-0.3, -0.25) is 4.68 Å². The van der Waals surface area contributed by atoms with E-state index in [1.54, 1.807) is 0 Å². The predicted octanol–water partition coefficient (Wildman–Crippen LogP) is 3.87. The van der Waals surface area contributed by atoms with E-state index < -0.39 is 0 Å². The number of ether oxygens (including phenoxy) is 2. The van der Waals surface area contributed by atoms with Crippen LogP contribution in [0, 0.1) is 13.8 Å². The Bertz CT molecular complexity index is 819. The molecule has 1 aromatic carbocycles. The minimum absolute atomic E-state index is 0.615. The highest BCUT2D eigenvalue weighted by atomic mass is 32.1. The van der Waals surface area contributed by atoms with Crippen molar-refractivity contribution in [2.45, 2.75) is 54.1 Å².